The largest absolute Gasteiger partial charge is 0.465 e. The summed E-state index contributed by atoms with van der Waals surface area (Å²) in [6.45, 7) is 2.78. The Hall–Kier alpha value is -2.37. The highest BCUT2D eigenvalue weighted by atomic mass is 16.5. The summed E-state index contributed by atoms with van der Waals surface area (Å²) in [6, 6.07) is 6.68. The van der Waals surface area contributed by atoms with Gasteiger partial charge >= 0.3 is 5.97 Å². The van der Waals surface area contributed by atoms with Crippen molar-refractivity contribution in [3.05, 3.63) is 29.8 Å². The van der Waals surface area contributed by atoms with Crippen molar-refractivity contribution < 1.29 is 19.1 Å². The molecule has 0 N–H and O–H groups in total. The Balaban J connectivity index is 2.22. The zero-order valence-corrected chi connectivity index (χ0v) is 14.3. The lowest BCUT2D eigenvalue weighted by Crippen LogP contribution is -2.43. The van der Waals surface area contributed by atoms with E-state index in [-0.39, 0.29) is 23.9 Å². The molecule has 24 heavy (non-hydrogen) atoms. The number of carbonyl (C=O) groups is 3. The van der Waals surface area contributed by atoms with Crippen molar-refractivity contribution in [3.8, 4) is 0 Å². The molecule has 0 unspecified atom stereocenters. The first-order valence-electron chi connectivity index (χ1n) is 8.28. The van der Waals surface area contributed by atoms with Crippen LogP contribution in [0.3, 0.4) is 0 Å². The van der Waals surface area contributed by atoms with Crippen molar-refractivity contribution in [2.45, 2.75) is 32.6 Å². The molecule has 1 fully saturated rings. The summed E-state index contributed by atoms with van der Waals surface area (Å²) in [5.41, 5.74) is 0.680. The van der Waals surface area contributed by atoms with Gasteiger partial charge in [0, 0.05) is 20.0 Å². The molecule has 6 heteroatoms. The van der Waals surface area contributed by atoms with E-state index in [1.165, 1.54) is 18.9 Å². The maximum atomic E-state index is 12.6. The lowest BCUT2D eigenvalue weighted by atomic mass is 10.1. The molecule has 0 aliphatic carbocycles. The minimum Gasteiger partial charge on any atom is -0.465 e. The summed E-state index contributed by atoms with van der Waals surface area (Å²) in [4.78, 5) is 39.8. The first kappa shape index (κ1) is 18.0. The van der Waals surface area contributed by atoms with Gasteiger partial charge in [0.1, 0.15) is 6.54 Å². The Morgan fingerprint density at radius 3 is 2.29 bits per heavy atom. The van der Waals surface area contributed by atoms with Crippen molar-refractivity contribution in [1.29, 1.82) is 0 Å². The van der Waals surface area contributed by atoms with Crippen molar-refractivity contribution in [2.75, 3.05) is 31.6 Å². The molecule has 1 heterocycles. The van der Waals surface area contributed by atoms with Gasteiger partial charge in [-0.2, -0.15) is 0 Å². The van der Waals surface area contributed by atoms with Crippen LogP contribution in [-0.2, 0) is 14.3 Å². The number of carbonyl (C=O) groups excluding carboxylic acids is 3. The van der Waals surface area contributed by atoms with Crippen LogP contribution in [-0.4, -0.2) is 49.4 Å². The van der Waals surface area contributed by atoms with E-state index in [9.17, 15) is 14.4 Å². The molecule has 1 saturated heterocycles. The number of hydrogen-bond acceptors (Lipinski definition) is 4. The fourth-order valence-corrected chi connectivity index (χ4v) is 2.91. The lowest BCUT2D eigenvalue weighted by molar-refractivity contribution is -0.131. The molecule has 1 aromatic rings. The SMILES string of the molecule is COC(=O)c1ccccc1N(CC(=O)N1CCCCCC1)C(C)=O. The Bertz CT molecular complexity index is 607. The van der Waals surface area contributed by atoms with Crippen LogP contribution in [0.1, 0.15) is 43.0 Å². The molecule has 0 atom stereocenters. The number of methoxy groups -OCH3 is 1. The molecule has 0 saturated carbocycles. The van der Waals surface area contributed by atoms with Crippen LogP contribution < -0.4 is 4.90 Å². The zero-order chi connectivity index (χ0) is 17.5. The van der Waals surface area contributed by atoms with E-state index in [0.717, 1.165) is 38.8 Å². The monoisotopic (exact) mass is 332 g/mol. The first-order chi connectivity index (χ1) is 11.5. The molecular weight excluding hydrogens is 308 g/mol. The third kappa shape index (κ3) is 4.34. The number of rotatable bonds is 4. The normalized spacial score (nSPS) is 14.7. The molecule has 0 spiro atoms. The van der Waals surface area contributed by atoms with Gasteiger partial charge < -0.3 is 14.5 Å². The number of likely N-dealkylation sites (tertiary alicyclic amines) is 1. The van der Waals surface area contributed by atoms with Crippen LogP contribution in [0.25, 0.3) is 0 Å². The molecule has 0 aromatic heterocycles. The standard InChI is InChI=1S/C18H24N2O4/c1-14(21)20(13-17(22)19-11-7-3-4-8-12-19)16-10-6-5-9-15(16)18(23)24-2/h5-6,9-10H,3-4,7-8,11-13H2,1-2H3. The molecule has 1 aliphatic heterocycles. The van der Waals surface area contributed by atoms with Crippen LogP contribution in [0.2, 0.25) is 0 Å². The maximum absolute atomic E-state index is 12.6. The fraction of sp³-hybridized carbons (Fsp3) is 0.500. The minimum atomic E-state index is -0.529. The molecule has 1 aliphatic rings. The van der Waals surface area contributed by atoms with Gasteiger partial charge in [-0.15, -0.1) is 0 Å². The second-order valence-corrected chi connectivity index (χ2v) is 5.91. The lowest BCUT2D eigenvalue weighted by Gasteiger charge is -2.27. The second-order valence-electron chi connectivity index (χ2n) is 5.91. The number of hydrogen-bond donors (Lipinski definition) is 0. The van der Waals surface area contributed by atoms with E-state index in [0.29, 0.717) is 5.69 Å². The quantitative estimate of drug-likeness (QED) is 0.793. The molecule has 6 nitrogen and oxygen atoms in total. The number of benzene rings is 1. The highest BCUT2D eigenvalue weighted by Crippen LogP contribution is 2.22. The molecule has 0 bridgehead atoms. The van der Waals surface area contributed by atoms with Crippen LogP contribution in [0.5, 0.6) is 0 Å². The average molecular weight is 332 g/mol. The highest BCUT2D eigenvalue weighted by Gasteiger charge is 2.24. The average Bonchev–Trinajstić information content (AvgIpc) is 2.88. The molecule has 130 valence electrons. The van der Waals surface area contributed by atoms with Gasteiger partial charge in [0.25, 0.3) is 0 Å². The molecule has 0 radical (unpaired) electrons. The van der Waals surface area contributed by atoms with Crippen LogP contribution >= 0.6 is 0 Å². The summed E-state index contributed by atoms with van der Waals surface area (Å²) in [7, 11) is 1.29. The number of anilines is 1. The van der Waals surface area contributed by atoms with Gasteiger partial charge in [-0.1, -0.05) is 25.0 Å². The van der Waals surface area contributed by atoms with E-state index in [4.69, 9.17) is 4.74 Å². The van der Waals surface area contributed by atoms with E-state index >= 15 is 0 Å². The summed E-state index contributed by atoms with van der Waals surface area (Å²) in [6.07, 6.45) is 4.24. The molecule has 2 amide bonds. The second kappa shape index (κ2) is 8.47. The maximum Gasteiger partial charge on any atom is 0.339 e. The van der Waals surface area contributed by atoms with Gasteiger partial charge in [-0.25, -0.2) is 4.79 Å². The van der Waals surface area contributed by atoms with Crippen molar-refractivity contribution >= 4 is 23.5 Å². The Morgan fingerprint density at radius 1 is 1.08 bits per heavy atom. The zero-order valence-electron chi connectivity index (χ0n) is 14.3. The fourth-order valence-electron chi connectivity index (χ4n) is 2.91. The summed E-state index contributed by atoms with van der Waals surface area (Å²) in [5.74, 6) is -0.902. The van der Waals surface area contributed by atoms with Crippen molar-refractivity contribution in [2.24, 2.45) is 0 Å². The van der Waals surface area contributed by atoms with Crippen LogP contribution in [0, 0.1) is 0 Å². The van der Waals surface area contributed by atoms with Gasteiger partial charge in [-0.3, -0.25) is 9.59 Å². The topological polar surface area (TPSA) is 66.9 Å². The Morgan fingerprint density at radius 2 is 1.71 bits per heavy atom. The first-order valence-corrected chi connectivity index (χ1v) is 8.28. The number of ether oxygens (including phenoxy) is 1. The number of esters is 1. The van der Waals surface area contributed by atoms with E-state index in [1.54, 1.807) is 24.3 Å². The predicted octanol–water partition coefficient (Wildman–Crippen LogP) is 2.23. The van der Waals surface area contributed by atoms with Crippen molar-refractivity contribution in [3.63, 3.8) is 0 Å². The minimum absolute atomic E-state index is 0.0661. The Labute approximate surface area is 142 Å². The smallest absolute Gasteiger partial charge is 0.339 e. The van der Waals surface area contributed by atoms with Gasteiger partial charge in [-0.05, 0) is 25.0 Å². The van der Waals surface area contributed by atoms with Crippen LogP contribution in [0.15, 0.2) is 24.3 Å². The molecule has 2 rings (SSSR count). The molecule has 1 aromatic carbocycles. The number of amides is 2. The number of nitrogens with zero attached hydrogens (tertiary/aromatic N) is 2. The van der Waals surface area contributed by atoms with Gasteiger partial charge in [0.15, 0.2) is 0 Å². The highest BCUT2D eigenvalue weighted by molar-refractivity contribution is 6.04. The van der Waals surface area contributed by atoms with Crippen LogP contribution in [0.4, 0.5) is 5.69 Å². The third-order valence-corrected chi connectivity index (χ3v) is 4.23. The van der Waals surface area contributed by atoms with E-state index in [2.05, 4.69) is 0 Å². The Kier molecular flexibility index (Phi) is 6.35. The molecular formula is C18H24N2O4. The van der Waals surface area contributed by atoms with E-state index in [1.807, 2.05) is 4.90 Å². The van der Waals surface area contributed by atoms with Crippen molar-refractivity contribution in [1.82, 2.24) is 4.90 Å². The number of para-hydroxylation sites is 1. The summed E-state index contributed by atoms with van der Waals surface area (Å²) >= 11 is 0. The summed E-state index contributed by atoms with van der Waals surface area (Å²) < 4.78 is 4.77. The van der Waals surface area contributed by atoms with Gasteiger partial charge in [0.2, 0.25) is 11.8 Å². The predicted molar refractivity (Wildman–Crippen MR) is 90.9 cm³/mol. The third-order valence-electron chi connectivity index (χ3n) is 4.23. The summed E-state index contributed by atoms with van der Waals surface area (Å²) in [5, 5.41) is 0. The van der Waals surface area contributed by atoms with Gasteiger partial charge in [0.05, 0.1) is 18.4 Å². The van der Waals surface area contributed by atoms with E-state index < -0.39 is 5.97 Å².